The van der Waals surface area contributed by atoms with Gasteiger partial charge < -0.3 is 78.7 Å². The number of hydrogen-bond acceptors (Lipinski definition) is 18. The lowest BCUT2D eigenvalue weighted by atomic mass is 9.47. The van der Waals surface area contributed by atoms with Gasteiger partial charge in [0, 0.05) is 12.3 Å². The van der Waals surface area contributed by atoms with Crippen molar-refractivity contribution in [1.29, 1.82) is 0 Å². The molecule has 0 aromatic rings. The van der Waals surface area contributed by atoms with Crippen LogP contribution in [0.25, 0.3) is 0 Å². The van der Waals surface area contributed by atoms with Crippen molar-refractivity contribution in [2.45, 2.75) is 196 Å². The Bertz CT molecular complexity index is 1630. The molecule has 4 aliphatic carbocycles. The largest absolute Gasteiger partial charge is 0.394 e. The van der Waals surface area contributed by atoms with E-state index in [4.69, 9.17) is 47.7 Å². The molecule has 6 saturated heterocycles. The molecule has 1 spiro atoms. The van der Waals surface area contributed by atoms with E-state index >= 15 is 0 Å². The standard InChI is InChI=1S/C43H66O18/c1-17-7-12-43(52-16-17)18(2)26-24(59-43)14-23-21-6-5-19-13-20(8-10-41(19,3)22(21)9-11-42(23,26)4)53-39-34(56-37-30(48)27(45)29(47)36(51)57-37)32(50)33(25(15-44)54-39)55-38-31(49)28(46)35-40(58-38)61-60-35/h5,17-18,20-40,44-51H,6-16H2,1-4H3/t17-,18+,20?,21-,22+,23+,24?,25?,26+,27+,28-,29-,30?,31?,32+,33-,34?,35-,36?,37-,38-,39-,40?,41+,42+,43-/m1/s1. The molecule has 9 fully saturated rings. The maximum absolute atomic E-state index is 11.9. The summed E-state index contributed by atoms with van der Waals surface area (Å²) in [4.78, 5) is 9.68. The summed E-state index contributed by atoms with van der Waals surface area (Å²) in [5.41, 5.74) is 1.47. The fraction of sp³-hybridized carbons (Fsp3) is 0.953. The van der Waals surface area contributed by atoms with Crippen molar-refractivity contribution in [1.82, 2.24) is 0 Å². The Balaban J connectivity index is 0.854. The normalized spacial score (nSPS) is 59.1. The van der Waals surface area contributed by atoms with Crippen molar-refractivity contribution < 1.29 is 88.5 Å². The third kappa shape index (κ3) is 6.96. The zero-order chi connectivity index (χ0) is 42.9. The number of aliphatic hydroxyl groups excluding tert-OH is 8. The Morgan fingerprint density at radius 1 is 0.738 bits per heavy atom. The molecule has 6 aliphatic heterocycles. The second-order valence-electron chi connectivity index (χ2n) is 20.6. The van der Waals surface area contributed by atoms with Crippen LogP contribution < -0.4 is 0 Å². The van der Waals surface area contributed by atoms with Crippen molar-refractivity contribution in [2.24, 2.45) is 46.3 Å². The highest BCUT2D eigenvalue weighted by molar-refractivity contribution is 5.26. The van der Waals surface area contributed by atoms with E-state index in [-0.39, 0.29) is 16.9 Å². The van der Waals surface area contributed by atoms with E-state index in [1.165, 1.54) is 5.57 Å². The van der Waals surface area contributed by atoms with E-state index < -0.39 is 111 Å². The number of rotatable bonds is 7. The summed E-state index contributed by atoms with van der Waals surface area (Å²) in [6.07, 6.45) is -12.6. The second-order valence-corrected chi connectivity index (χ2v) is 20.6. The minimum absolute atomic E-state index is 0.0414. The molecule has 18 nitrogen and oxygen atoms in total. The van der Waals surface area contributed by atoms with Crippen molar-refractivity contribution in [2.75, 3.05) is 13.2 Å². The lowest BCUT2D eigenvalue weighted by Crippen LogP contribution is -2.68. The lowest BCUT2D eigenvalue weighted by Gasteiger charge is -2.59. The lowest BCUT2D eigenvalue weighted by molar-refractivity contribution is -0.565. The van der Waals surface area contributed by atoms with Gasteiger partial charge in [0.25, 0.3) is 0 Å². The first kappa shape index (κ1) is 43.9. The maximum Gasteiger partial charge on any atom is 0.226 e. The molecule has 3 saturated carbocycles. The van der Waals surface area contributed by atoms with Gasteiger partial charge in [-0.3, -0.25) is 0 Å². The van der Waals surface area contributed by atoms with Gasteiger partial charge in [0.05, 0.1) is 25.4 Å². The molecule has 8 unspecified atom stereocenters. The SMILES string of the molecule is C[C@@H]1CC[C@@]2(OC1)OC1C[C@H]3[C@@H]4CC=C5CC(O[C@@H]6OC(CO)[C@@H](O[C@@H]7OC8OO[C@@H]8[C@H](O)C7O)[C@H](O)C6O[C@@H]6OC(O)[C@H](O)[C@H](O)C6O)CC[C@]5(C)[C@H]4CC[C@]3(C)[C@H]1[C@@H]2C. The molecule has 0 bridgehead atoms. The average Bonchev–Trinajstić information content (AvgIpc) is 3.68. The number of hydrogen-bond donors (Lipinski definition) is 8. The van der Waals surface area contributed by atoms with Crippen LogP contribution in [-0.4, -0.2) is 165 Å². The summed E-state index contributed by atoms with van der Waals surface area (Å²) >= 11 is 0. The second kappa shape index (κ2) is 16.1. The fourth-order valence-corrected chi connectivity index (χ4v) is 13.8. The van der Waals surface area contributed by atoms with Crippen LogP contribution in [0.1, 0.15) is 85.5 Å². The van der Waals surface area contributed by atoms with Crippen molar-refractivity contribution in [3.05, 3.63) is 11.6 Å². The van der Waals surface area contributed by atoms with Gasteiger partial charge in [0.1, 0.15) is 54.9 Å². The summed E-state index contributed by atoms with van der Waals surface area (Å²) in [6.45, 7) is 9.65. The first-order valence-electron chi connectivity index (χ1n) is 22.7. The van der Waals surface area contributed by atoms with Gasteiger partial charge in [-0.15, -0.1) is 0 Å². The first-order valence-corrected chi connectivity index (χ1v) is 22.7. The highest BCUT2D eigenvalue weighted by Crippen LogP contribution is 2.70. The van der Waals surface area contributed by atoms with E-state index in [0.29, 0.717) is 48.3 Å². The molecular weight excluding hydrogens is 804 g/mol. The Labute approximate surface area is 355 Å². The molecule has 10 aliphatic rings. The molecule has 0 radical (unpaired) electrons. The smallest absolute Gasteiger partial charge is 0.226 e. The predicted molar refractivity (Wildman–Crippen MR) is 204 cm³/mol. The zero-order valence-corrected chi connectivity index (χ0v) is 35.3. The Kier molecular flexibility index (Phi) is 11.6. The fourth-order valence-electron chi connectivity index (χ4n) is 13.8. The molecule has 26 atom stereocenters. The van der Waals surface area contributed by atoms with E-state index in [1.807, 2.05) is 0 Å². The third-order valence-electron chi connectivity index (χ3n) is 17.3. The molecule has 6 heterocycles. The Hall–Kier alpha value is -0.980. The van der Waals surface area contributed by atoms with Crippen LogP contribution in [0.3, 0.4) is 0 Å². The highest BCUT2D eigenvalue weighted by atomic mass is 17.3. The highest BCUT2D eigenvalue weighted by Gasteiger charge is 2.69. The molecule has 346 valence electrons. The summed E-state index contributed by atoms with van der Waals surface area (Å²) in [5, 5.41) is 85.5. The van der Waals surface area contributed by atoms with Crippen LogP contribution >= 0.6 is 0 Å². The van der Waals surface area contributed by atoms with Crippen LogP contribution in [0, 0.1) is 46.3 Å². The van der Waals surface area contributed by atoms with Gasteiger partial charge in [-0.2, -0.15) is 0 Å². The minimum Gasteiger partial charge on any atom is -0.394 e. The monoisotopic (exact) mass is 870 g/mol. The number of allylic oxidation sites excluding steroid dienone is 1. The zero-order valence-electron chi connectivity index (χ0n) is 35.3. The molecule has 10 rings (SSSR count). The molecular formula is C43H66O18. The number of aliphatic hydroxyl groups is 8. The Morgan fingerprint density at radius 3 is 2.21 bits per heavy atom. The number of ether oxygens (including phenoxy) is 8. The van der Waals surface area contributed by atoms with Crippen LogP contribution in [-0.2, 0) is 47.7 Å². The molecule has 61 heavy (non-hydrogen) atoms. The summed E-state index contributed by atoms with van der Waals surface area (Å²) in [6, 6.07) is 0. The Morgan fingerprint density at radius 2 is 1.49 bits per heavy atom. The van der Waals surface area contributed by atoms with Crippen molar-refractivity contribution >= 4 is 0 Å². The quantitative estimate of drug-likeness (QED) is 0.125. The maximum atomic E-state index is 11.9. The molecule has 0 aromatic carbocycles. The van der Waals surface area contributed by atoms with E-state index in [0.717, 1.165) is 51.6 Å². The molecule has 0 aromatic heterocycles. The molecule has 18 heteroatoms. The van der Waals surface area contributed by atoms with E-state index in [1.54, 1.807) is 0 Å². The predicted octanol–water partition coefficient (Wildman–Crippen LogP) is 0.0787. The van der Waals surface area contributed by atoms with Crippen molar-refractivity contribution in [3.8, 4) is 0 Å². The van der Waals surface area contributed by atoms with Gasteiger partial charge in [-0.25, -0.2) is 9.78 Å². The molecule has 8 N–H and O–H groups in total. The minimum atomic E-state index is -1.94. The van der Waals surface area contributed by atoms with E-state index in [2.05, 4.69) is 33.8 Å². The van der Waals surface area contributed by atoms with Crippen LogP contribution in [0.5, 0.6) is 0 Å². The van der Waals surface area contributed by atoms with Gasteiger partial charge >= 0.3 is 0 Å². The van der Waals surface area contributed by atoms with Gasteiger partial charge in [-0.1, -0.05) is 39.3 Å². The topological polar surface area (TPSA) is 254 Å². The summed E-state index contributed by atoms with van der Waals surface area (Å²) in [5.74, 6) is 2.55. The van der Waals surface area contributed by atoms with Crippen LogP contribution in [0.4, 0.5) is 0 Å². The molecule has 0 amide bonds. The third-order valence-corrected chi connectivity index (χ3v) is 17.3. The average molecular weight is 871 g/mol. The number of fused-ring (bicyclic) bond motifs is 8. The van der Waals surface area contributed by atoms with Crippen LogP contribution in [0.2, 0.25) is 0 Å². The first-order chi connectivity index (χ1) is 29.1. The van der Waals surface area contributed by atoms with Crippen LogP contribution in [0.15, 0.2) is 11.6 Å². The van der Waals surface area contributed by atoms with Gasteiger partial charge in [-0.05, 0) is 91.8 Å². The van der Waals surface area contributed by atoms with Crippen molar-refractivity contribution in [3.63, 3.8) is 0 Å². The summed E-state index contributed by atoms with van der Waals surface area (Å²) in [7, 11) is 0. The van der Waals surface area contributed by atoms with E-state index in [9.17, 15) is 40.9 Å². The van der Waals surface area contributed by atoms with Gasteiger partial charge in [0.2, 0.25) is 6.29 Å². The van der Waals surface area contributed by atoms with Gasteiger partial charge in [0.15, 0.2) is 37.1 Å². The summed E-state index contributed by atoms with van der Waals surface area (Å²) < 4.78 is 49.3.